The average Bonchev–Trinajstić information content (AvgIpc) is 2.52. The molecule has 0 aliphatic carbocycles. The van der Waals surface area contributed by atoms with Crippen LogP contribution in [-0.2, 0) is 9.84 Å². The van der Waals surface area contributed by atoms with Gasteiger partial charge in [-0.25, -0.2) is 8.42 Å². The summed E-state index contributed by atoms with van der Waals surface area (Å²) in [7, 11) is -2.76. The topological polar surface area (TPSA) is 49.4 Å². The first-order valence-electron chi connectivity index (χ1n) is 6.23. The number of sulfone groups is 1. The summed E-state index contributed by atoms with van der Waals surface area (Å²) in [6.45, 7) is 6.07. The molecule has 0 saturated carbocycles. The maximum absolute atomic E-state index is 11.5. The van der Waals surface area contributed by atoms with Crippen LogP contribution in [0.2, 0.25) is 0 Å². The summed E-state index contributed by atoms with van der Waals surface area (Å²) in [4.78, 5) is 2.33. The van der Waals surface area contributed by atoms with Crippen molar-refractivity contribution in [3.63, 3.8) is 0 Å². The molecule has 0 radical (unpaired) electrons. The zero-order chi connectivity index (χ0) is 11.6. The van der Waals surface area contributed by atoms with Crippen molar-refractivity contribution in [3.8, 4) is 0 Å². The molecular weight excluding hydrogens is 224 g/mol. The van der Waals surface area contributed by atoms with Crippen LogP contribution in [0.15, 0.2) is 0 Å². The summed E-state index contributed by atoms with van der Waals surface area (Å²) in [5.41, 5.74) is 0. The Kier molecular flexibility index (Phi) is 3.87. The van der Waals surface area contributed by atoms with Crippen molar-refractivity contribution in [1.82, 2.24) is 10.2 Å². The van der Waals surface area contributed by atoms with E-state index >= 15 is 0 Å². The number of nitrogens with zero attached hydrogens (tertiary/aromatic N) is 1. The summed E-state index contributed by atoms with van der Waals surface area (Å²) < 4.78 is 23.0. The molecular formula is C11H22N2O2S. The largest absolute Gasteiger partial charge is 0.314 e. The number of hydrogen-bond acceptors (Lipinski definition) is 4. The number of hydrogen-bond donors (Lipinski definition) is 1. The molecule has 2 aliphatic heterocycles. The van der Waals surface area contributed by atoms with Gasteiger partial charge in [0, 0.05) is 19.1 Å². The lowest BCUT2D eigenvalue weighted by Gasteiger charge is -2.25. The van der Waals surface area contributed by atoms with Crippen LogP contribution in [0.3, 0.4) is 0 Å². The maximum atomic E-state index is 11.5. The van der Waals surface area contributed by atoms with E-state index in [-0.39, 0.29) is 0 Å². The summed E-state index contributed by atoms with van der Waals surface area (Å²) in [6.07, 6.45) is 2.03. The second-order valence-electron chi connectivity index (χ2n) is 5.10. The molecule has 0 aromatic heterocycles. The van der Waals surface area contributed by atoms with Crippen LogP contribution in [0.4, 0.5) is 0 Å². The number of rotatable bonds is 2. The summed E-state index contributed by atoms with van der Waals surface area (Å²) in [5.74, 6) is 1.42. The highest BCUT2D eigenvalue weighted by Crippen LogP contribution is 2.17. The van der Waals surface area contributed by atoms with Gasteiger partial charge in [0.05, 0.1) is 11.5 Å². The predicted octanol–water partition coefficient (Wildman–Crippen LogP) is 0.105. The molecule has 2 saturated heterocycles. The van der Waals surface area contributed by atoms with Crippen molar-refractivity contribution in [2.75, 3.05) is 37.7 Å². The third kappa shape index (κ3) is 3.18. The van der Waals surface area contributed by atoms with E-state index < -0.39 is 9.84 Å². The van der Waals surface area contributed by atoms with Crippen LogP contribution in [0.1, 0.15) is 19.8 Å². The predicted molar refractivity (Wildman–Crippen MR) is 65.3 cm³/mol. The van der Waals surface area contributed by atoms with E-state index in [0.717, 1.165) is 32.6 Å². The summed E-state index contributed by atoms with van der Waals surface area (Å²) >= 11 is 0. The second-order valence-corrected chi connectivity index (χ2v) is 7.40. The van der Waals surface area contributed by atoms with E-state index in [1.807, 2.05) is 0 Å². The number of nitrogens with one attached hydrogen (secondary N) is 1. The Bertz CT molecular complexity index is 329. The molecule has 2 atom stereocenters. The van der Waals surface area contributed by atoms with E-state index in [1.54, 1.807) is 0 Å². The molecule has 0 aromatic carbocycles. The Morgan fingerprint density at radius 3 is 2.81 bits per heavy atom. The van der Waals surface area contributed by atoms with Crippen molar-refractivity contribution in [3.05, 3.63) is 0 Å². The molecule has 4 nitrogen and oxygen atoms in total. The highest BCUT2D eigenvalue weighted by molar-refractivity contribution is 7.91. The molecule has 16 heavy (non-hydrogen) atoms. The minimum atomic E-state index is -2.76. The Morgan fingerprint density at radius 1 is 1.31 bits per heavy atom. The molecule has 5 heteroatoms. The van der Waals surface area contributed by atoms with Gasteiger partial charge in [-0.05, 0) is 38.8 Å². The lowest BCUT2D eigenvalue weighted by atomic mass is 10.0. The molecule has 94 valence electrons. The van der Waals surface area contributed by atoms with E-state index in [2.05, 4.69) is 17.1 Å². The summed E-state index contributed by atoms with van der Waals surface area (Å²) in [6, 6.07) is 0.583. The first kappa shape index (κ1) is 12.3. The fourth-order valence-electron chi connectivity index (χ4n) is 2.67. The Balaban J connectivity index is 1.86. The second kappa shape index (κ2) is 5.02. The van der Waals surface area contributed by atoms with Crippen LogP contribution in [0.25, 0.3) is 0 Å². The monoisotopic (exact) mass is 246 g/mol. The minimum Gasteiger partial charge on any atom is -0.314 e. The molecule has 2 aliphatic rings. The fraction of sp³-hybridized carbons (Fsp3) is 1.00. The van der Waals surface area contributed by atoms with E-state index in [1.165, 1.54) is 6.42 Å². The van der Waals surface area contributed by atoms with Gasteiger partial charge in [-0.2, -0.15) is 0 Å². The average molecular weight is 246 g/mol. The molecule has 0 amide bonds. The van der Waals surface area contributed by atoms with Gasteiger partial charge in [-0.15, -0.1) is 0 Å². The van der Waals surface area contributed by atoms with Gasteiger partial charge in [-0.1, -0.05) is 0 Å². The molecule has 2 unspecified atom stereocenters. The van der Waals surface area contributed by atoms with Crippen molar-refractivity contribution in [1.29, 1.82) is 0 Å². The highest BCUT2D eigenvalue weighted by Gasteiger charge is 2.26. The molecule has 2 fully saturated rings. The Hall–Kier alpha value is -0.130. The standard InChI is InChI=1S/C11H22N2O2S/c1-10-11(3-4-12-10)9-13-5-2-7-16(14,15)8-6-13/h10-12H,2-9H2,1H3. The van der Waals surface area contributed by atoms with Crippen molar-refractivity contribution in [2.24, 2.45) is 5.92 Å². The normalized spacial score (nSPS) is 36.1. The molecule has 2 rings (SSSR count). The quantitative estimate of drug-likeness (QED) is 0.751. The van der Waals surface area contributed by atoms with Crippen LogP contribution in [-0.4, -0.2) is 57.0 Å². The third-order valence-corrected chi connectivity index (χ3v) is 5.54. The lowest BCUT2D eigenvalue weighted by molar-refractivity contribution is 0.238. The van der Waals surface area contributed by atoms with E-state index in [9.17, 15) is 8.42 Å². The van der Waals surface area contributed by atoms with Gasteiger partial charge in [0.1, 0.15) is 0 Å². The minimum absolute atomic E-state index is 0.349. The van der Waals surface area contributed by atoms with Crippen LogP contribution < -0.4 is 5.32 Å². The van der Waals surface area contributed by atoms with Gasteiger partial charge >= 0.3 is 0 Å². The maximum Gasteiger partial charge on any atom is 0.151 e. The van der Waals surface area contributed by atoms with Gasteiger partial charge < -0.3 is 10.2 Å². The van der Waals surface area contributed by atoms with Gasteiger partial charge in [-0.3, -0.25) is 0 Å². The lowest BCUT2D eigenvalue weighted by Crippen LogP contribution is -2.36. The van der Waals surface area contributed by atoms with Crippen molar-refractivity contribution < 1.29 is 8.42 Å². The van der Waals surface area contributed by atoms with Gasteiger partial charge in [0.25, 0.3) is 0 Å². The molecule has 0 aromatic rings. The van der Waals surface area contributed by atoms with Crippen molar-refractivity contribution >= 4 is 9.84 Å². The van der Waals surface area contributed by atoms with Crippen molar-refractivity contribution in [2.45, 2.75) is 25.8 Å². The van der Waals surface area contributed by atoms with Crippen LogP contribution in [0, 0.1) is 5.92 Å². The van der Waals surface area contributed by atoms with E-state index in [0.29, 0.717) is 23.5 Å². The molecule has 1 N–H and O–H groups in total. The Morgan fingerprint density at radius 2 is 2.12 bits per heavy atom. The zero-order valence-electron chi connectivity index (χ0n) is 9.98. The third-order valence-electron chi connectivity index (χ3n) is 3.83. The smallest absolute Gasteiger partial charge is 0.151 e. The molecule has 0 spiro atoms. The van der Waals surface area contributed by atoms with Crippen LogP contribution in [0.5, 0.6) is 0 Å². The van der Waals surface area contributed by atoms with E-state index in [4.69, 9.17) is 0 Å². The fourth-order valence-corrected chi connectivity index (χ4v) is 3.98. The Labute approximate surface area is 98.3 Å². The highest BCUT2D eigenvalue weighted by atomic mass is 32.2. The first-order valence-corrected chi connectivity index (χ1v) is 8.05. The molecule has 0 bridgehead atoms. The van der Waals surface area contributed by atoms with Gasteiger partial charge in [0.15, 0.2) is 9.84 Å². The zero-order valence-corrected chi connectivity index (χ0v) is 10.8. The van der Waals surface area contributed by atoms with Crippen LogP contribution >= 0.6 is 0 Å². The van der Waals surface area contributed by atoms with Gasteiger partial charge in [0.2, 0.25) is 0 Å². The SMILES string of the molecule is CC1NCCC1CN1CCCS(=O)(=O)CC1. The summed E-state index contributed by atoms with van der Waals surface area (Å²) in [5, 5.41) is 3.45. The first-order chi connectivity index (χ1) is 7.57. The molecule has 2 heterocycles.